The van der Waals surface area contributed by atoms with Crippen LogP contribution in [0.4, 0.5) is 0 Å². The molecule has 1 N–H and O–H groups in total. The standard InChI is InChI=1S/C16H26ClN3O/c1-4-12-15(17)13(20(6-3)19-12)11-14(21)16(5-2)7-9-18-10-8-16/h18H,4-11H2,1-3H3. The molecule has 1 aliphatic heterocycles. The molecule has 1 aromatic rings. The zero-order valence-electron chi connectivity index (χ0n) is 13.3. The van der Waals surface area contributed by atoms with Crippen LogP contribution < -0.4 is 5.32 Å². The van der Waals surface area contributed by atoms with Gasteiger partial charge in [0.2, 0.25) is 0 Å². The maximum absolute atomic E-state index is 12.9. The minimum atomic E-state index is -0.177. The van der Waals surface area contributed by atoms with E-state index in [4.69, 9.17) is 11.6 Å². The van der Waals surface area contributed by atoms with Crippen molar-refractivity contribution in [3.63, 3.8) is 0 Å². The molecule has 4 nitrogen and oxygen atoms in total. The van der Waals surface area contributed by atoms with Crippen molar-refractivity contribution in [3.8, 4) is 0 Å². The molecule has 2 heterocycles. The molecule has 0 aliphatic carbocycles. The van der Waals surface area contributed by atoms with Gasteiger partial charge in [-0.05, 0) is 45.7 Å². The van der Waals surface area contributed by atoms with Crippen LogP contribution in [0.2, 0.25) is 5.02 Å². The lowest BCUT2D eigenvalue weighted by Crippen LogP contribution is -2.42. The summed E-state index contributed by atoms with van der Waals surface area (Å²) in [5, 5.41) is 8.55. The van der Waals surface area contributed by atoms with Gasteiger partial charge < -0.3 is 5.32 Å². The molecule has 0 atom stereocenters. The number of hydrogen-bond acceptors (Lipinski definition) is 3. The third kappa shape index (κ3) is 3.16. The molecule has 2 rings (SSSR count). The van der Waals surface area contributed by atoms with Crippen molar-refractivity contribution in [1.82, 2.24) is 15.1 Å². The zero-order chi connectivity index (χ0) is 15.5. The third-order valence-electron chi connectivity index (χ3n) is 4.85. The van der Waals surface area contributed by atoms with Gasteiger partial charge >= 0.3 is 0 Å². The second-order valence-corrected chi connectivity index (χ2v) is 6.24. The molecule has 0 saturated carbocycles. The van der Waals surface area contributed by atoms with Gasteiger partial charge in [0.1, 0.15) is 5.78 Å². The van der Waals surface area contributed by atoms with Crippen molar-refractivity contribution >= 4 is 17.4 Å². The lowest BCUT2D eigenvalue weighted by molar-refractivity contribution is -0.130. The van der Waals surface area contributed by atoms with Crippen molar-refractivity contribution in [1.29, 1.82) is 0 Å². The van der Waals surface area contributed by atoms with Gasteiger partial charge in [-0.2, -0.15) is 5.10 Å². The quantitative estimate of drug-likeness (QED) is 0.878. The predicted molar refractivity (Wildman–Crippen MR) is 85.8 cm³/mol. The molecule has 1 aromatic heterocycles. The minimum Gasteiger partial charge on any atom is -0.317 e. The number of aromatic nitrogens is 2. The van der Waals surface area contributed by atoms with Gasteiger partial charge in [0, 0.05) is 12.0 Å². The molecule has 1 fully saturated rings. The van der Waals surface area contributed by atoms with E-state index >= 15 is 0 Å². The smallest absolute Gasteiger partial charge is 0.145 e. The number of hydrogen-bond donors (Lipinski definition) is 1. The molecule has 1 aliphatic rings. The fourth-order valence-corrected chi connectivity index (χ4v) is 3.60. The maximum Gasteiger partial charge on any atom is 0.145 e. The molecule has 0 spiro atoms. The van der Waals surface area contributed by atoms with Gasteiger partial charge in [0.05, 0.1) is 22.8 Å². The number of halogens is 1. The van der Waals surface area contributed by atoms with E-state index < -0.39 is 0 Å². The summed E-state index contributed by atoms with van der Waals surface area (Å²) in [4.78, 5) is 12.9. The van der Waals surface area contributed by atoms with Crippen LogP contribution in [0.15, 0.2) is 0 Å². The Bertz CT molecular complexity index is 504. The molecular formula is C16H26ClN3O. The Morgan fingerprint density at radius 1 is 1.33 bits per heavy atom. The number of nitrogens with one attached hydrogen (secondary N) is 1. The molecule has 0 unspecified atom stereocenters. The summed E-state index contributed by atoms with van der Waals surface area (Å²) < 4.78 is 1.89. The van der Waals surface area contributed by atoms with E-state index in [9.17, 15) is 4.79 Å². The average Bonchev–Trinajstić information content (AvgIpc) is 2.83. The van der Waals surface area contributed by atoms with Gasteiger partial charge in [-0.25, -0.2) is 0 Å². The van der Waals surface area contributed by atoms with Crippen molar-refractivity contribution in [3.05, 3.63) is 16.4 Å². The average molecular weight is 312 g/mol. The van der Waals surface area contributed by atoms with Gasteiger partial charge in [-0.15, -0.1) is 0 Å². The number of piperidine rings is 1. The Labute approximate surface area is 132 Å². The fraction of sp³-hybridized carbons (Fsp3) is 0.750. The van der Waals surface area contributed by atoms with E-state index in [2.05, 4.69) is 17.3 Å². The largest absolute Gasteiger partial charge is 0.317 e. The van der Waals surface area contributed by atoms with Gasteiger partial charge in [0.15, 0.2) is 0 Å². The van der Waals surface area contributed by atoms with E-state index in [1.54, 1.807) is 0 Å². The first-order chi connectivity index (χ1) is 10.1. The van der Waals surface area contributed by atoms with E-state index in [1.807, 2.05) is 18.5 Å². The fourth-order valence-electron chi connectivity index (χ4n) is 3.26. The lowest BCUT2D eigenvalue weighted by Gasteiger charge is -2.35. The number of ketones is 1. The highest BCUT2D eigenvalue weighted by atomic mass is 35.5. The van der Waals surface area contributed by atoms with E-state index in [0.717, 1.165) is 56.7 Å². The number of carbonyl (C=O) groups excluding carboxylic acids is 1. The first-order valence-electron chi connectivity index (χ1n) is 8.06. The highest BCUT2D eigenvalue weighted by Crippen LogP contribution is 2.35. The van der Waals surface area contributed by atoms with Crippen LogP contribution in [-0.4, -0.2) is 28.7 Å². The molecular weight excluding hydrogens is 286 g/mol. The first kappa shape index (κ1) is 16.5. The molecule has 118 valence electrons. The van der Waals surface area contributed by atoms with E-state index in [-0.39, 0.29) is 5.41 Å². The summed E-state index contributed by atoms with van der Waals surface area (Å²) in [6, 6.07) is 0. The van der Waals surface area contributed by atoms with Gasteiger partial charge in [-0.1, -0.05) is 25.4 Å². The molecule has 5 heteroatoms. The molecule has 1 saturated heterocycles. The molecule has 0 amide bonds. The minimum absolute atomic E-state index is 0.177. The van der Waals surface area contributed by atoms with Crippen molar-refractivity contribution in [2.75, 3.05) is 13.1 Å². The summed E-state index contributed by atoms with van der Waals surface area (Å²) in [5.41, 5.74) is 1.62. The Morgan fingerprint density at radius 3 is 2.52 bits per heavy atom. The highest BCUT2D eigenvalue weighted by molar-refractivity contribution is 6.32. The van der Waals surface area contributed by atoms with Crippen LogP contribution in [0.5, 0.6) is 0 Å². The van der Waals surface area contributed by atoms with Crippen LogP contribution in [-0.2, 0) is 24.2 Å². The van der Waals surface area contributed by atoms with E-state index in [1.165, 1.54) is 0 Å². The Kier molecular flexibility index (Phi) is 5.44. The van der Waals surface area contributed by atoms with Crippen molar-refractivity contribution in [2.24, 2.45) is 5.41 Å². The molecule has 0 aromatic carbocycles. The second-order valence-electron chi connectivity index (χ2n) is 5.86. The van der Waals surface area contributed by atoms with Crippen LogP contribution >= 0.6 is 11.6 Å². The van der Waals surface area contributed by atoms with Crippen LogP contribution in [0.3, 0.4) is 0 Å². The second kappa shape index (κ2) is 6.93. The number of rotatable bonds is 6. The lowest BCUT2D eigenvalue weighted by atomic mass is 9.72. The predicted octanol–water partition coefficient (Wildman–Crippen LogP) is 3.01. The number of carbonyl (C=O) groups is 1. The van der Waals surface area contributed by atoms with E-state index in [0.29, 0.717) is 17.2 Å². The van der Waals surface area contributed by atoms with Crippen molar-refractivity contribution < 1.29 is 4.79 Å². The number of Topliss-reactive ketones (excluding diaryl/α,β-unsaturated/α-hetero) is 1. The topological polar surface area (TPSA) is 46.9 Å². The highest BCUT2D eigenvalue weighted by Gasteiger charge is 2.38. The summed E-state index contributed by atoms with van der Waals surface area (Å²) in [6.07, 6.45) is 3.98. The van der Waals surface area contributed by atoms with Gasteiger partial charge in [0.25, 0.3) is 0 Å². The molecule has 21 heavy (non-hydrogen) atoms. The zero-order valence-corrected chi connectivity index (χ0v) is 14.1. The van der Waals surface area contributed by atoms with Crippen LogP contribution in [0.25, 0.3) is 0 Å². The maximum atomic E-state index is 12.9. The van der Waals surface area contributed by atoms with Crippen molar-refractivity contribution in [2.45, 2.75) is 59.4 Å². The monoisotopic (exact) mass is 311 g/mol. The first-order valence-corrected chi connectivity index (χ1v) is 8.43. The summed E-state index contributed by atoms with van der Waals surface area (Å²) >= 11 is 6.43. The Balaban J connectivity index is 2.24. The van der Waals surface area contributed by atoms with Crippen LogP contribution in [0.1, 0.15) is 51.4 Å². The van der Waals surface area contributed by atoms with Crippen LogP contribution in [0, 0.1) is 5.41 Å². The molecule has 0 radical (unpaired) electrons. The summed E-state index contributed by atoms with van der Waals surface area (Å²) in [5.74, 6) is 0.325. The Morgan fingerprint density at radius 2 is 2.00 bits per heavy atom. The normalized spacial score (nSPS) is 17.9. The van der Waals surface area contributed by atoms with Gasteiger partial charge in [-0.3, -0.25) is 9.48 Å². The SMILES string of the molecule is CCc1nn(CC)c(CC(=O)C2(CC)CCNCC2)c1Cl. The number of aryl methyl sites for hydroxylation is 2. The molecule has 0 bridgehead atoms. The number of nitrogens with zero attached hydrogens (tertiary/aromatic N) is 2. The summed E-state index contributed by atoms with van der Waals surface area (Å²) in [7, 11) is 0. The Hall–Kier alpha value is -0.870. The summed E-state index contributed by atoms with van der Waals surface area (Å²) in [6.45, 7) is 8.82. The third-order valence-corrected chi connectivity index (χ3v) is 5.29.